The van der Waals surface area contributed by atoms with Crippen LogP contribution in [0.1, 0.15) is 5.56 Å². The molecule has 0 saturated carbocycles. The lowest BCUT2D eigenvalue weighted by molar-refractivity contribution is -0.276. The summed E-state index contributed by atoms with van der Waals surface area (Å²) in [4.78, 5) is -0.109. The molecule has 0 spiro atoms. The lowest BCUT2D eigenvalue weighted by atomic mass is 10.2. The van der Waals surface area contributed by atoms with E-state index in [9.17, 15) is 26.3 Å². The van der Waals surface area contributed by atoms with Gasteiger partial charge in [-0.25, -0.2) is 0 Å². The van der Waals surface area contributed by atoms with Crippen LogP contribution in [0, 0.1) is 0 Å². The predicted octanol–water partition coefficient (Wildman–Crippen LogP) is 3.89. The number of halogens is 6. The van der Waals surface area contributed by atoms with Crippen molar-refractivity contribution in [2.24, 2.45) is 0 Å². The van der Waals surface area contributed by atoms with Crippen molar-refractivity contribution in [3.63, 3.8) is 0 Å². The van der Waals surface area contributed by atoms with E-state index in [1.54, 1.807) is 0 Å². The maximum Gasteiger partial charge on any atom is 0.573 e. The molecule has 0 unspecified atom stereocenters. The first-order valence-corrected chi connectivity index (χ1v) is 4.20. The van der Waals surface area contributed by atoms with Crippen molar-refractivity contribution >= 4 is 12.6 Å². The van der Waals surface area contributed by atoms with Crippen LogP contribution >= 0.6 is 12.6 Å². The second kappa shape index (κ2) is 4.08. The smallest absolute Gasteiger partial charge is 0.405 e. The molecule has 8 heteroatoms. The Hall–Kier alpha value is -1.05. The highest BCUT2D eigenvalue weighted by atomic mass is 32.1. The number of alkyl halides is 6. The second-order valence-electron chi connectivity index (χ2n) is 2.73. The molecule has 0 aliphatic rings. The predicted molar refractivity (Wildman–Crippen MR) is 45.4 cm³/mol. The number of rotatable bonds is 1. The lowest BCUT2D eigenvalue weighted by Gasteiger charge is -2.15. The molecule has 0 amide bonds. The third-order valence-electron chi connectivity index (χ3n) is 1.49. The van der Waals surface area contributed by atoms with Crippen molar-refractivity contribution in [1.29, 1.82) is 0 Å². The fourth-order valence-electron chi connectivity index (χ4n) is 0.953. The Labute approximate surface area is 91.4 Å². The molecule has 0 aromatic heterocycles. The van der Waals surface area contributed by atoms with Crippen LogP contribution in [0.2, 0.25) is 0 Å². The van der Waals surface area contributed by atoms with Gasteiger partial charge in [-0.3, -0.25) is 0 Å². The fourth-order valence-corrected chi connectivity index (χ4v) is 1.16. The van der Waals surface area contributed by atoms with Crippen LogP contribution in [0.4, 0.5) is 26.3 Å². The van der Waals surface area contributed by atoms with E-state index in [1.165, 1.54) is 0 Å². The Morgan fingerprint density at radius 2 is 1.56 bits per heavy atom. The lowest BCUT2D eigenvalue weighted by Crippen LogP contribution is -2.20. The highest BCUT2D eigenvalue weighted by Crippen LogP contribution is 2.39. The van der Waals surface area contributed by atoms with Crippen LogP contribution in [0.25, 0.3) is 0 Å². The van der Waals surface area contributed by atoms with Crippen molar-refractivity contribution < 1.29 is 31.1 Å². The molecule has 1 aromatic rings. The van der Waals surface area contributed by atoms with E-state index in [1.807, 2.05) is 0 Å². The van der Waals surface area contributed by atoms with Gasteiger partial charge in [0.05, 0.1) is 5.56 Å². The molecule has 16 heavy (non-hydrogen) atoms. The molecular weight excluding hydrogens is 258 g/mol. The van der Waals surface area contributed by atoms with Gasteiger partial charge in [-0.1, -0.05) is 0 Å². The molecule has 0 atom stereocenters. The molecule has 1 rings (SSSR count). The largest absolute Gasteiger partial charge is 0.573 e. The van der Waals surface area contributed by atoms with Crippen LogP contribution in [0.3, 0.4) is 0 Å². The van der Waals surface area contributed by atoms with Gasteiger partial charge in [0, 0.05) is 4.90 Å². The molecule has 90 valence electrons. The molecule has 1 nitrogen and oxygen atoms in total. The minimum absolute atomic E-state index is 0.109. The Kier molecular flexibility index (Phi) is 3.32. The first kappa shape index (κ1) is 13.0. The van der Waals surface area contributed by atoms with E-state index in [-0.39, 0.29) is 4.90 Å². The monoisotopic (exact) mass is 262 g/mol. The van der Waals surface area contributed by atoms with Crippen LogP contribution in [0.5, 0.6) is 5.75 Å². The Bertz CT molecular complexity index is 383. The molecular formula is C8H4F6OS. The maximum absolute atomic E-state index is 12.3. The summed E-state index contributed by atoms with van der Waals surface area (Å²) in [6.07, 6.45) is -10.1. The quantitative estimate of drug-likeness (QED) is 0.596. The van der Waals surface area contributed by atoms with Gasteiger partial charge in [-0.2, -0.15) is 13.2 Å². The number of hydrogen-bond acceptors (Lipinski definition) is 2. The summed E-state index contributed by atoms with van der Waals surface area (Å²) in [5.74, 6) is -1.29. The van der Waals surface area contributed by atoms with Crippen molar-refractivity contribution in [2.75, 3.05) is 0 Å². The normalized spacial score (nSPS) is 12.7. The number of ether oxygens (including phenoxy) is 1. The zero-order valence-corrected chi connectivity index (χ0v) is 8.25. The summed E-state index contributed by atoms with van der Waals surface area (Å²) >= 11 is 3.61. The SMILES string of the molecule is FC(F)(F)Oc1ccc(S)cc1C(F)(F)F. The topological polar surface area (TPSA) is 9.23 Å². The Morgan fingerprint density at radius 1 is 1.00 bits per heavy atom. The molecule has 1 aromatic carbocycles. The van der Waals surface area contributed by atoms with Crippen LogP contribution in [-0.4, -0.2) is 6.36 Å². The first-order valence-electron chi connectivity index (χ1n) is 3.75. The van der Waals surface area contributed by atoms with Gasteiger partial charge in [0.25, 0.3) is 0 Å². The van der Waals surface area contributed by atoms with Gasteiger partial charge in [-0.15, -0.1) is 25.8 Å². The molecule has 0 aliphatic heterocycles. The highest BCUT2D eigenvalue weighted by molar-refractivity contribution is 7.80. The average molecular weight is 262 g/mol. The number of thiol groups is 1. The number of benzene rings is 1. The van der Waals surface area contributed by atoms with Crippen LogP contribution < -0.4 is 4.74 Å². The van der Waals surface area contributed by atoms with Crippen molar-refractivity contribution in [3.8, 4) is 5.75 Å². The van der Waals surface area contributed by atoms with Crippen molar-refractivity contribution in [3.05, 3.63) is 23.8 Å². The molecule has 0 N–H and O–H groups in total. The second-order valence-corrected chi connectivity index (χ2v) is 3.24. The van der Waals surface area contributed by atoms with Gasteiger partial charge < -0.3 is 4.74 Å². The first-order chi connectivity index (χ1) is 7.09. The summed E-state index contributed by atoms with van der Waals surface area (Å²) in [5, 5.41) is 0. The van der Waals surface area contributed by atoms with Crippen molar-refractivity contribution in [1.82, 2.24) is 0 Å². The van der Waals surface area contributed by atoms with E-state index < -0.39 is 23.9 Å². The van der Waals surface area contributed by atoms with Gasteiger partial charge in [0.2, 0.25) is 0 Å². The summed E-state index contributed by atoms with van der Waals surface area (Å²) < 4.78 is 75.6. The standard InChI is InChI=1S/C8H4F6OS/c9-7(10,11)5-3-4(16)1-2-6(5)15-8(12,13)14/h1-3,16H. The Balaban J connectivity index is 3.19. The third-order valence-corrected chi connectivity index (χ3v) is 1.77. The van der Waals surface area contributed by atoms with Gasteiger partial charge in [0.1, 0.15) is 5.75 Å². The van der Waals surface area contributed by atoms with E-state index in [2.05, 4.69) is 17.4 Å². The van der Waals surface area contributed by atoms with Crippen molar-refractivity contribution in [2.45, 2.75) is 17.4 Å². The zero-order chi connectivity index (χ0) is 12.6. The van der Waals surface area contributed by atoms with E-state index in [4.69, 9.17) is 0 Å². The van der Waals surface area contributed by atoms with E-state index in [0.29, 0.717) is 12.1 Å². The number of hydrogen-bond donors (Lipinski definition) is 1. The summed E-state index contributed by atoms with van der Waals surface area (Å²) in [6, 6.07) is 2.00. The molecule has 0 saturated heterocycles. The van der Waals surface area contributed by atoms with E-state index >= 15 is 0 Å². The molecule has 0 bridgehead atoms. The van der Waals surface area contributed by atoms with Gasteiger partial charge >= 0.3 is 12.5 Å². The fraction of sp³-hybridized carbons (Fsp3) is 0.250. The van der Waals surface area contributed by atoms with Gasteiger partial charge in [0.15, 0.2) is 0 Å². The molecule has 0 radical (unpaired) electrons. The van der Waals surface area contributed by atoms with Crippen LogP contribution in [0.15, 0.2) is 23.1 Å². The zero-order valence-electron chi connectivity index (χ0n) is 7.36. The molecule has 0 aliphatic carbocycles. The molecule has 0 fully saturated rings. The van der Waals surface area contributed by atoms with Crippen LogP contribution in [-0.2, 0) is 6.18 Å². The third kappa shape index (κ3) is 3.51. The minimum Gasteiger partial charge on any atom is -0.405 e. The maximum atomic E-state index is 12.3. The summed E-state index contributed by atoms with van der Waals surface area (Å²) in [5.41, 5.74) is -1.52. The molecule has 0 heterocycles. The Morgan fingerprint density at radius 3 is 2.00 bits per heavy atom. The highest BCUT2D eigenvalue weighted by Gasteiger charge is 2.39. The van der Waals surface area contributed by atoms with Gasteiger partial charge in [-0.05, 0) is 18.2 Å². The minimum atomic E-state index is -5.17. The summed E-state index contributed by atoms with van der Waals surface area (Å²) in [7, 11) is 0. The summed E-state index contributed by atoms with van der Waals surface area (Å²) in [6.45, 7) is 0. The van der Waals surface area contributed by atoms with E-state index in [0.717, 1.165) is 6.07 Å². The average Bonchev–Trinajstić information content (AvgIpc) is 2.04.